The van der Waals surface area contributed by atoms with E-state index in [0.717, 1.165) is 37.9 Å². The van der Waals surface area contributed by atoms with Gasteiger partial charge < -0.3 is 24.8 Å². The van der Waals surface area contributed by atoms with Crippen molar-refractivity contribution in [2.45, 2.75) is 38.4 Å². The third-order valence-corrected chi connectivity index (χ3v) is 5.08. The number of benzene rings is 1. The fourth-order valence-electron chi connectivity index (χ4n) is 2.92. The van der Waals surface area contributed by atoms with Crippen molar-refractivity contribution in [3.8, 4) is 5.75 Å². The van der Waals surface area contributed by atoms with Crippen molar-refractivity contribution < 1.29 is 19.1 Å². The molecule has 10 heteroatoms. The average molecular weight is 405 g/mol. The van der Waals surface area contributed by atoms with Crippen molar-refractivity contribution in [3.63, 3.8) is 0 Å². The molecule has 9 nitrogen and oxygen atoms in total. The van der Waals surface area contributed by atoms with E-state index in [-0.39, 0.29) is 6.16 Å². The lowest BCUT2D eigenvalue weighted by Crippen LogP contribution is -2.00. The fourth-order valence-corrected chi connectivity index (χ4v) is 3.61. The van der Waals surface area contributed by atoms with E-state index in [4.69, 9.17) is 20.3 Å². The summed E-state index contributed by atoms with van der Waals surface area (Å²) in [6.07, 6.45) is 6.99. The van der Waals surface area contributed by atoms with Gasteiger partial charge in [-0.05, 0) is 30.5 Å². The molecule has 0 atom stereocenters. The first-order valence-electron chi connectivity index (χ1n) is 9.10. The zero-order chi connectivity index (χ0) is 20.0. The van der Waals surface area contributed by atoms with Crippen LogP contribution in [0.1, 0.15) is 31.2 Å². The van der Waals surface area contributed by atoms with E-state index >= 15 is 0 Å². The van der Waals surface area contributed by atoms with Gasteiger partial charge in [0.15, 0.2) is 11.5 Å². The van der Waals surface area contributed by atoms with Crippen molar-refractivity contribution in [1.29, 1.82) is 0 Å². The quantitative estimate of drug-likeness (QED) is 0.346. The van der Waals surface area contributed by atoms with Crippen LogP contribution in [0, 0.1) is 0 Å². The summed E-state index contributed by atoms with van der Waals surface area (Å²) in [6, 6.07) is 6.84. The number of fused-ring (bicyclic) bond motifs is 1. The molecule has 0 amide bonds. The number of rotatable bonds is 10. The second-order valence-corrected chi connectivity index (χ2v) is 8.24. The normalized spacial score (nSPS) is 11.8. The van der Waals surface area contributed by atoms with Gasteiger partial charge >= 0.3 is 7.60 Å². The average Bonchev–Trinajstić information content (AvgIpc) is 3.05. The number of hydrogen-bond acceptors (Lipinski definition) is 6. The second-order valence-electron chi connectivity index (χ2n) is 6.60. The van der Waals surface area contributed by atoms with Crippen LogP contribution < -0.4 is 10.5 Å². The molecule has 0 radical (unpaired) electrons. The number of nitrogen functional groups attached to an aromatic ring is 1. The Bertz CT molecular complexity index is 954. The number of nitrogens with two attached hydrogens (primary N) is 1. The minimum Gasteiger partial charge on any atom is -0.494 e. The minimum absolute atomic E-state index is 0.252. The van der Waals surface area contributed by atoms with Gasteiger partial charge in [0.05, 0.1) is 19.1 Å². The summed E-state index contributed by atoms with van der Waals surface area (Å²) in [5.41, 5.74) is 7.79. The molecule has 0 unspecified atom stereocenters. The molecule has 0 spiro atoms. The first-order valence-corrected chi connectivity index (χ1v) is 10.9. The molecule has 3 rings (SSSR count). The van der Waals surface area contributed by atoms with Gasteiger partial charge in [0.25, 0.3) is 0 Å². The van der Waals surface area contributed by atoms with E-state index in [1.165, 1.54) is 6.33 Å². The van der Waals surface area contributed by atoms with E-state index in [9.17, 15) is 4.57 Å². The molecule has 0 fully saturated rings. The Morgan fingerprint density at radius 2 is 1.79 bits per heavy atom. The van der Waals surface area contributed by atoms with Gasteiger partial charge in [-0.3, -0.25) is 4.57 Å². The molecule has 0 bridgehead atoms. The number of hydrogen-bond donors (Lipinski definition) is 3. The molecule has 0 aliphatic rings. The summed E-state index contributed by atoms with van der Waals surface area (Å²) in [5, 5.41) is 0. The number of aryl methyl sites for hydroxylation is 1. The Balaban J connectivity index is 1.33. The van der Waals surface area contributed by atoms with Gasteiger partial charge in [0.2, 0.25) is 0 Å². The van der Waals surface area contributed by atoms with Crippen LogP contribution >= 0.6 is 7.60 Å². The largest absolute Gasteiger partial charge is 0.494 e. The van der Waals surface area contributed by atoms with Gasteiger partial charge in [-0.2, -0.15) is 0 Å². The maximum Gasteiger partial charge on any atom is 0.329 e. The summed E-state index contributed by atoms with van der Waals surface area (Å²) < 4.78 is 18.6. The zero-order valence-corrected chi connectivity index (χ0v) is 16.3. The predicted molar refractivity (Wildman–Crippen MR) is 106 cm³/mol. The van der Waals surface area contributed by atoms with Crippen molar-refractivity contribution in [2.24, 2.45) is 0 Å². The van der Waals surface area contributed by atoms with Gasteiger partial charge in [-0.15, -0.1) is 0 Å². The van der Waals surface area contributed by atoms with Crippen molar-refractivity contribution in [1.82, 2.24) is 19.5 Å². The van der Waals surface area contributed by atoms with Crippen LogP contribution in [0.5, 0.6) is 5.75 Å². The van der Waals surface area contributed by atoms with Crippen LogP contribution in [0.2, 0.25) is 0 Å². The van der Waals surface area contributed by atoms with Crippen LogP contribution in [0.4, 0.5) is 5.82 Å². The molecule has 0 aliphatic carbocycles. The van der Waals surface area contributed by atoms with Gasteiger partial charge in [-0.25, -0.2) is 15.0 Å². The molecule has 0 aliphatic heterocycles. The summed E-state index contributed by atoms with van der Waals surface area (Å²) in [4.78, 5) is 30.4. The van der Waals surface area contributed by atoms with Gasteiger partial charge in [-0.1, -0.05) is 25.0 Å². The third-order valence-electron chi connectivity index (χ3n) is 4.30. The monoisotopic (exact) mass is 405 g/mol. The van der Waals surface area contributed by atoms with Crippen LogP contribution in [-0.4, -0.2) is 35.9 Å². The molecular formula is C18H24N5O4P. The Labute approximate surface area is 162 Å². The van der Waals surface area contributed by atoms with Crippen LogP contribution in [-0.2, 0) is 17.3 Å². The lowest BCUT2D eigenvalue weighted by Gasteiger charge is -2.08. The number of ether oxygens (including phenoxy) is 1. The Morgan fingerprint density at radius 1 is 1.04 bits per heavy atom. The molecule has 28 heavy (non-hydrogen) atoms. The van der Waals surface area contributed by atoms with Crippen LogP contribution in [0.3, 0.4) is 0 Å². The standard InChI is InChI=1S/C18H24N5O4P/c19-17-16-18(21-12-20-17)23(13-22-16)9-3-1-2-4-10-27-15-7-5-14(6-8-15)11-28(24,25)26/h5-8,12-13H,1-4,9-11H2,(H2,19,20,21)(H2,24,25,26). The highest BCUT2D eigenvalue weighted by Gasteiger charge is 2.13. The van der Waals surface area contributed by atoms with E-state index in [2.05, 4.69) is 15.0 Å². The Kier molecular flexibility index (Phi) is 6.61. The Hall–Kier alpha value is -2.48. The smallest absolute Gasteiger partial charge is 0.329 e. The van der Waals surface area contributed by atoms with Gasteiger partial charge in [0.1, 0.15) is 17.6 Å². The number of aromatic nitrogens is 4. The van der Waals surface area contributed by atoms with Crippen molar-refractivity contribution in [2.75, 3.05) is 12.3 Å². The summed E-state index contributed by atoms with van der Waals surface area (Å²) in [5.74, 6) is 1.10. The SMILES string of the molecule is Nc1ncnc2c1ncn2CCCCCCOc1ccc(CP(=O)(O)O)cc1. The van der Waals surface area contributed by atoms with Crippen LogP contribution in [0.25, 0.3) is 11.2 Å². The molecular weight excluding hydrogens is 381 g/mol. The highest BCUT2D eigenvalue weighted by Crippen LogP contribution is 2.39. The number of unbranched alkanes of at least 4 members (excludes halogenated alkanes) is 3. The van der Waals surface area contributed by atoms with E-state index in [1.807, 2.05) is 4.57 Å². The number of anilines is 1. The first-order chi connectivity index (χ1) is 13.4. The fraction of sp³-hybridized carbons (Fsp3) is 0.389. The number of nitrogens with zero attached hydrogens (tertiary/aromatic N) is 4. The molecule has 2 aromatic heterocycles. The summed E-state index contributed by atoms with van der Waals surface area (Å²) in [6.45, 7) is 1.43. The molecule has 4 N–H and O–H groups in total. The summed E-state index contributed by atoms with van der Waals surface area (Å²) >= 11 is 0. The number of imidazole rings is 1. The maximum atomic E-state index is 11.0. The van der Waals surface area contributed by atoms with E-state index in [0.29, 0.717) is 29.3 Å². The molecule has 1 aromatic carbocycles. The summed E-state index contributed by atoms with van der Waals surface area (Å²) in [7, 11) is -4.03. The molecule has 150 valence electrons. The van der Waals surface area contributed by atoms with Gasteiger partial charge in [0, 0.05) is 6.54 Å². The van der Waals surface area contributed by atoms with Crippen LogP contribution in [0.15, 0.2) is 36.9 Å². The Morgan fingerprint density at radius 3 is 2.54 bits per heavy atom. The molecule has 0 saturated heterocycles. The topological polar surface area (TPSA) is 136 Å². The zero-order valence-electron chi connectivity index (χ0n) is 15.4. The van der Waals surface area contributed by atoms with Crippen molar-refractivity contribution in [3.05, 3.63) is 42.5 Å². The second kappa shape index (κ2) is 9.14. The molecule has 2 heterocycles. The highest BCUT2D eigenvalue weighted by molar-refractivity contribution is 7.50. The van der Waals surface area contributed by atoms with E-state index < -0.39 is 7.60 Å². The third kappa shape index (κ3) is 5.76. The first kappa shape index (κ1) is 20.3. The molecule has 0 saturated carbocycles. The highest BCUT2D eigenvalue weighted by atomic mass is 31.2. The van der Waals surface area contributed by atoms with Crippen molar-refractivity contribution >= 4 is 24.6 Å². The van der Waals surface area contributed by atoms with E-state index in [1.54, 1.807) is 30.6 Å². The maximum absolute atomic E-state index is 11.0. The lowest BCUT2D eigenvalue weighted by atomic mass is 10.2. The molecule has 3 aromatic rings. The minimum atomic E-state index is -4.03. The lowest BCUT2D eigenvalue weighted by molar-refractivity contribution is 0.304. The predicted octanol–water partition coefficient (Wildman–Crippen LogP) is 2.73.